The summed E-state index contributed by atoms with van der Waals surface area (Å²) in [5.74, 6) is 1.20. The van der Waals surface area contributed by atoms with Gasteiger partial charge in [-0.25, -0.2) is 0 Å². The first-order valence-corrected chi connectivity index (χ1v) is 19.4. The van der Waals surface area contributed by atoms with Gasteiger partial charge in [-0.1, -0.05) is 84.9 Å². The number of hydrogen-bond acceptors (Lipinski definition) is 10. The van der Waals surface area contributed by atoms with Crippen LogP contribution in [0.3, 0.4) is 0 Å². The summed E-state index contributed by atoms with van der Waals surface area (Å²) in [6.45, 7) is 0. The SMILES string of the molecule is CO[Si](COc1ccc(/C=C/C(=O)c2ccccc2)cc1)(OC)OC.CO[Si](COc1ccc(C(=O)/C=C/c2ccccc2)cc1)(OC)OC. The highest BCUT2D eigenvalue weighted by atomic mass is 28.4. The number of ketones is 2. The smallest absolute Gasteiger partial charge is 0.489 e. The molecule has 0 aromatic heterocycles. The van der Waals surface area contributed by atoms with Crippen LogP contribution in [0.1, 0.15) is 31.8 Å². The van der Waals surface area contributed by atoms with Crippen LogP contribution in [-0.2, 0) is 26.6 Å². The number of benzene rings is 4. The van der Waals surface area contributed by atoms with Crippen LogP contribution in [0.15, 0.2) is 121 Å². The van der Waals surface area contributed by atoms with Gasteiger partial charge in [0.25, 0.3) is 0 Å². The lowest BCUT2D eigenvalue weighted by Gasteiger charge is -2.24. The fourth-order valence-corrected chi connectivity index (χ4v) is 6.68. The lowest BCUT2D eigenvalue weighted by atomic mass is 10.1. The minimum Gasteiger partial charge on any atom is -0.489 e. The van der Waals surface area contributed by atoms with Gasteiger partial charge >= 0.3 is 17.6 Å². The molecular weight excluding hydrogens is 673 g/mol. The van der Waals surface area contributed by atoms with E-state index in [-0.39, 0.29) is 24.0 Å². The third-order valence-electron chi connectivity index (χ3n) is 7.43. The molecule has 0 fully saturated rings. The quantitative estimate of drug-likeness (QED) is 0.0623. The normalized spacial score (nSPS) is 11.6. The van der Waals surface area contributed by atoms with Gasteiger partial charge in [-0.05, 0) is 59.7 Å². The molecule has 0 saturated heterocycles. The van der Waals surface area contributed by atoms with E-state index in [1.54, 1.807) is 82.0 Å². The molecule has 0 heterocycles. The number of rotatable bonds is 18. The van der Waals surface area contributed by atoms with Gasteiger partial charge in [0.15, 0.2) is 24.0 Å². The molecule has 4 aromatic carbocycles. The molecule has 0 saturated carbocycles. The third-order valence-corrected chi connectivity index (χ3v) is 12.2. The van der Waals surface area contributed by atoms with Crippen LogP contribution in [0.5, 0.6) is 11.5 Å². The summed E-state index contributed by atoms with van der Waals surface area (Å²) in [6.07, 6.45) is 7.10. The molecule has 0 spiro atoms. The number of ether oxygens (including phenoxy) is 2. The molecule has 50 heavy (non-hydrogen) atoms. The highest BCUT2D eigenvalue weighted by molar-refractivity contribution is 6.60. The average molecular weight is 717 g/mol. The minimum absolute atomic E-state index is 0.0306. The first-order valence-electron chi connectivity index (χ1n) is 15.6. The molecule has 10 nitrogen and oxygen atoms in total. The molecule has 264 valence electrons. The van der Waals surface area contributed by atoms with Crippen molar-refractivity contribution < 1.29 is 45.6 Å². The van der Waals surface area contributed by atoms with E-state index in [0.717, 1.165) is 11.1 Å². The maximum absolute atomic E-state index is 12.2. The van der Waals surface area contributed by atoms with Gasteiger partial charge in [0.1, 0.15) is 11.5 Å². The Kier molecular flexibility index (Phi) is 16.7. The van der Waals surface area contributed by atoms with Crippen LogP contribution in [-0.4, -0.2) is 84.3 Å². The predicted molar refractivity (Wildman–Crippen MR) is 197 cm³/mol. The summed E-state index contributed by atoms with van der Waals surface area (Å²) >= 11 is 0. The molecule has 12 heteroatoms. The van der Waals surface area contributed by atoms with Gasteiger partial charge < -0.3 is 36.0 Å². The summed E-state index contributed by atoms with van der Waals surface area (Å²) in [5.41, 5.74) is 3.15. The molecule has 0 unspecified atom stereocenters. The molecule has 0 aliphatic heterocycles. The second kappa shape index (κ2) is 20.9. The van der Waals surface area contributed by atoms with Crippen LogP contribution in [0.25, 0.3) is 12.2 Å². The monoisotopic (exact) mass is 716 g/mol. The fraction of sp³-hybridized carbons (Fsp3) is 0.211. The van der Waals surface area contributed by atoms with E-state index in [4.69, 9.17) is 36.0 Å². The van der Waals surface area contributed by atoms with Crippen molar-refractivity contribution >= 4 is 41.3 Å². The van der Waals surface area contributed by atoms with Gasteiger partial charge in [0.05, 0.1) is 0 Å². The van der Waals surface area contributed by atoms with E-state index in [2.05, 4.69) is 0 Å². The molecule has 4 rings (SSSR count). The van der Waals surface area contributed by atoms with Gasteiger partial charge in [-0.3, -0.25) is 9.59 Å². The van der Waals surface area contributed by atoms with Gasteiger partial charge in [-0.15, -0.1) is 0 Å². The first-order chi connectivity index (χ1) is 24.2. The highest BCUT2D eigenvalue weighted by Crippen LogP contribution is 2.18. The number of carbonyl (C=O) groups excluding carboxylic acids is 2. The predicted octanol–water partition coefficient (Wildman–Crippen LogP) is 6.76. The Hall–Kier alpha value is -4.51. The fourth-order valence-electron chi connectivity index (χ4n) is 4.29. The topological polar surface area (TPSA) is 108 Å². The summed E-state index contributed by atoms with van der Waals surface area (Å²) in [5, 5.41) is 0. The molecule has 0 N–H and O–H groups in total. The molecule has 0 bridgehead atoms. The van der Waals surface area contributed by atoms with E-state index in [0.29, 0.717) is 22.6 Å². The van der Waals surface area contributed by atoms with Crippen LogP contribution < -0.4 is 9.47 Å². The molecule has 0 amide bonds. The Balaban J connectivity index is 0.000000270. The van der Waals surface area contributed by atoms with Crippen molar-refractivity contribution in [3.8, 4) is 11.5 Å². The standard InChI is InChI=1S/2C19H22O5Si/c1-21-25(22-2,23-3)15-24-18-12-10-17(11-13-18)19(20)14-9-16-7-5-4-6-8-16;1-21-25(22-2,23-3)15-24-18-12-9-16(10-13-18)11-14-19(20)17-7-5-4-6-8-17/h2*4-14H,15H2,1-3H3/b14-9+;14-11+. The second-order valence-corrected chi connectivity index (χ2v) is 16.2. The average Bonchev–Trinajstić information content (AvgIpc) is 3.19. The Labute approximate surface area is 296 Å². The zero-order valence-electron chi connectivity index (χ0n) is 29.2. The Morgan fingerprint density at radius 1 is 0.460 bits per heavy atom. The molecule has 4 aromatic rings. The van der Waals surface area contributed by atoms with Crippen molar-refractivity contribution in [2.24, 2.45) is 0 Å². The van der Waals surface area contributed by atoms with Gasteiger partial charge in [-0.2, -0.15) is 0 Å². The van der Waals surface area contributed by atoms with Crippen molar-refractivity contribution in [1.29, 1.82) is 0 Å². The van der Waals surface area contributed by atoms with Crippen molar-refractivity contribution in [2.75, 3.05) is 55.1 Å². The van der Waals surface area contributed by atoms with Crippen molar-refractivity contribution in [2.45, 2.75) is 0 Å². The minimum atomic E-state index is -2.79. The van der Waals surface area contributed by atoms with Crippen LogP contribution in [0.2, 0.25) is 0 Å². The van der Waals surface area contributed by atoms with Gasteiger partial charge in [0, 0.05) is 53.8 Å². The zero-order chi connectivity index (χ0) is 36.2. The number of hydrogen-bond donors (Lipinski definition) is 0. The molecule has 0 aliphatic rings. The molecule has 0 atom stereocenters. The molecular formula is C38H44O10Si2. The lowest BCUT2D eigenvalue weighted by Crippen LogP contribution is -2.49. The highest BCUT2D eigenvalue weighted by Gasteiger charge is 2.40. The Morgan fingerprint density at radius 3 is 1.20 bits per heavy atom. The molecule has 0 aliphatic carbocycles. The maximum Gasteiger partial charge on any atom is 0.539 e. The van der Waals surface area contributed by atoms with Crippen molar-refractivity contribution in [3.05, 3.63) is 144 Å². The van der Waals surface area contributed by atoms with Crippen molar-refractivity contribution in [3.63, 3.8) is 0 Å². The lowest BCUT2D eigenvalue weighted by molar-refractivity contribution is 0.0998. The zero-order valence-corrected chi connectivity index (χ0v) is 31.2. The largest absolute Gasteiger partial charge is 0.539 e. The summed E-state index contributed by atoms with van der Waals surface area (Å²) in [6, 6.07) is 33.2. The van der Waals surface area contributed by atoms with E-state index in [1.165, 1.54) is 21.3 Å². The maximum atomic E-state index is 12.2. The van der Waals surface area contributed by atoms with Crippen molar-refractivity contribution in [1.82, 2.24) is 0 Å². The first kappa shape index (κ1) is 39.9. The van der Waals surface area contributed by atoms with Crippen LogP contribution >= 0.6 is 0 Å². The van der Waals surface area contributed by atoms with Crippen LogP contribution in [0.4, 0.5) is 0 Å². The van der Waals surface area contributed by atoms with Crippen LogP contribution in [0, 0.1) is 0 Å². The Bertz CT molecular complexity index is 1620. The number of allylic oxidation sites excluding steroid dienone is 2. The third kappa shape index (κ3) is 12.4. The van der Waals surface area contributed by atoms with E-state index in [1.807, 2.05) is 72.8 Å². The van der Waals surface area contributed by atoms with E-state index < -0.39 is 17.6 Å². The van der Waals surface area contributed by atoms with Gasteiger partial charge in [0.2, 0.25) is 0 Å². The second-order valence-electron chi connectivity index (χ2n) is 10.4. The van der Waals surface area contributed by atoms with E-state index >= 15 is 0 Å². The summed E-state index contributed by atoms with van der Waals surface area (Å²) in [7, 11) is 3.67. The summed E-state index contributed by atoms with van der Waals surface area (Å²) < 4.78 is 43.2. The number of carbonyl (C=O) groups is 2. The Morgan fingerprint density at radius 2 is 0.800 bits per heavy atom. The summed E-state index contributed by atoms with van der Waals surface area (Å²) in [4.78, 5) is 24.3. The van der Waals surface area contributed by atoms with E-state index in [9.17, 15) is 9.59 Å². The molecule has 0 radical (unpaired) electrons.